The average molecular weight is 436 g/mol. The molecule has 3 N–H and O–H groups in total. The van der Waals surface area contributed by atoms with Gasteiger partial charge in [0.25, 0.3) is 5.91 Å². The van der Waals surface area contributed by atoms with Crippen LogP contribution in [0.15, 0.2) is 24.3 Å². The van der Waals surface area contributed by atoms with Crippen molar-refractivity contribution in [2.75, 3.05) is 5.32 Å². The number of anilines is 1. The number of hydrogen-bond acceptors (Lipinski definition) is 4. The summed E-state index contributed by atoms with van der Waals surface area (Å²) in [7, 11) is 0. The van der Waals surface area contributed by atoms with E-state index in [0.29, 0.717) is 10.7 Å². The maximum absolute atomic E-state index is 12.2. The molecule has 0 aliphatic heterocycles. The van der Waals surface area contributed by atoms with E-state index in [9.17, 15) is 4.79 Å². The van der Waals surface area contributed by atoms with Crippen LogP contribution in [0.5, 0.6) is 0 Å². The number of nitrogens with two attached hydrogens (primary N) is 1. The molecule has 2 aromatic rings. The highest BCUT2D eigenvalue weighted by Gasteiger charge is 2.20. The summed E-state index contributed by atoms with van der Waals surface area (Å²) in [6.45, 7) is 0. The number of amides is 1. The number of carbonyl (C=O) groups excluding carboxylic acids is 1. The predicted octanol–water partition coefficient (Wildman–Crippen LogP) is 3.24. The van der Waals surface area contributed by atoms with Crippen molar-refractivity contribution in [3.8, 4) is 0 Å². The number of aryl methyl sites for hydroxylation is 1. The van der Waals surface area contributed by atoms with E-state index in [1.165, 1.54) is 4.88 Å². The maximum atomic E-state index is 12.2. The van der Waals surface area contributed by atoms with Crippen LogP contribution in [0.3, 0.4) is 0 Å². The van der Waals surface area contributed by atoms with Gasteiger partial charge < -0.3 is 5.73 Å². The highest BCUT2D eigenvalue weighted by molar-refractivity contribution is 14.1. The molecule has 112 valence electrons. The van der Waals surface area contributed by atoms with Crippen molar-refractivity contribution in [3.05, 3.63) is 44.0 Å². The highest BCUT2D eigenvalue weighted by Crippen LogP contribution is 2.29. The van der Waals surface area contributed by atoms with Crippen molar-refractivity contribution < 1.29 is 4.79 Å². The van der Waals surface area contributed by atoms with Crippen LogP contribution in [-0.2, 0) is 12.8 Å². The normalized spacial score (nSPS) is 16.8. The number of fused-ring (bicyclic) bond motifs is 1. The van der Waals surface area contributed by atoms with E-state index in [2.05, 4.69) is 32.9 Å². The van der Waals surface area contributed by atoms with Crippen LogP contribution in [0, 0.1) is 3.57 Å². The number of nitrogens with one attached hydrogen (secondary N) is 1. The molecule has 3 rings (SSSR count). The molecular formula is C14H15ClIN3OS. The molecule has 1 aromatic carbocycles. The summed E-state index contributed by atoms with van der Waals surface area (Å²) in [5, 5.41) is 3.56. The topological polar surface area (TPSA) is 68.0 Å². The minimum Gasteiger partial charge on any atom is -0.327 e. The summed E-state index contributed by atoms with van der Waals surface area (Å²) in [6.07, 6.45) is 2.75. The summed E-state index contributed by atoms with van der Waals surface area (Å²) >= 11 is 3.74. The Morgan fingerprint density at radius 3 is 3.05 bits per heavy atom. The van der Waals surface area contributed by atoms with Gasteiger partial charge in [-0.25, -0.2) is 4.98 Å². The van der Waals surface area contributed by atoms with Crippen molar-refractivity contribution >= 4 is 57.4 Å². The molecule has 1 heterocycles. The summed E-state index contributed by atoms with van der Waals surface area (Å²) < 4.78 is 1.04. The van der Waals surface area contributed by atoms with Crippen molar-refractivity contribution in [1.82, 2.24) is 4.98 Å². The molecule has 1 aliphatic rings. The van der Waals surface area contributed by atoms with Crippen LogP contribution in [-0.4, -0.2) is 16.9 Å². The lowest BCUT2D eigenvalue weighted by Crippen LogP contribution is -2.27. The van der Waals surface area contributed by atoms with Crippen LogP contribution < -0.4 is 11.1 Å². The Morgan fingerprint density at radius 2 is 2.29 bits per heavy atom. The first kappa shape index (κ1) is 16.7. The lowest BCUT2D eigenvalue weighted by Gasteiger charge is -2.15. The number of benzene rings is 1. The predicted molar refractivity (Wildman–Crippen MR) is 96.5 cm³/mol. The molecule has 0 spiro atoms. The number of hydrogen-bond donors (Lipinski definition) is 2. The number of thiazole rings is 1. The molecule has 21 heavy (non-hydrogen) atoms. The zero-order valence-electron chi connectivity index (χ0n) is 11.1. The Kier molecular flexibility index (Phi) is 5.59. The molecule has 0 fully saturated rings. The third-order valence-electron chi connectivity index (χ3n) is 3.29. The second-order valence-electron chi connectivity index (χ2n) is 4.86. The molecule has 1 atom stereocenters. The fraction of sp³-hybridized carbons (Fsp3) is 0.286. The van der Waals surface area contributed by atoms with Crippen molar-refractivity contribution in [2.45, 2.75) is 25.3 Å². The summed E-state index contributed by atoms with van der Waals surface area (Å²) in [4.78, 5) is 17.9. The van der Waals surface area contributed by atoms with E-state index in [-0.39, 0.29) is 24.4 Å². The molecule has 0 saturated heterocycles. The number of halogens is 2. The van der Waals surface area contributed by atoms with E-state index in [0.717, 1.165) is 28.5 Å². The van der Waals surface area contributed by atoms with Gasteiger partial charge in [0.2, 0.25) is 0 Å². The van der Waals surface area contributed by atoms with Crippen molar-refractivity contribution in [1.29, 1.82) is 0 Å². The van der Waals surface area contributed by atoms with Crippen molar-refractivity contribution in [3.63, 3.8) is 0 Å². The minimum absolute atomic E-state index is 0. The molecule has 1 amide bonds. The second-order valence-corrected chi connectivity index (χ2v) is 7.19. The van der Waals surface area contributed by atoms with Crippen LogP contribution in [0.4, 0.5) is 5.13 Å². The van der Waals surface area contributed by atoms with Crippen LogP contribution >= 0.6 is 46.3 Å². The van der Waals surface area contributed by atoms with Gasteiger partial charge in [-0.15, -0.1) is 23.7 Å². The van der Waals surface area contributed by atoms with Crippen LogP contribution in [0.2, 0.25) is 0 Å². The third kappa shape index (κ3) is 3.94. The lowest BCUT2D eigenvalue weighted by atomic mass is 9.99. The van der Waals surface area contributed by atoms with Crippen molar-refractivity contribution in [2.24, 2.45) is 5.73 Å². The van der Waals surface area contributed by atoms with Crippen LogP contribution in [0.1, 0.15) is 27.3 Å². The number of carbonyl (C=O) groups is 1. The van der Waals surface area contributed by atoms with E-state index < -0.39 is 0 Å². The highest BCUT2D eigenvalue weighted by atomic mass is 127. The molecule has 1 aliphatic carbocycles. The molecule has 0 radical (unpaired) electrons. The molecule has 0 unspecified atom stereocenters. The number of rotatable bonds is 2. The number of aromatic nitrogens is 1. The smallest absolute Gasteiger partial charge is 0.257 e. The van der Waals surface area contributed by atoms with E-state index in [1.54, 1.807) is 17.4 Å². The fourth-order valence-electron chi connectivity index (χ4n) is 2.25. The molecule has 1 aromatic heterocycles. The molecular weight excluding hydrogens is 421 g/mol. The van der Waals surface area contributed by atoms with Gasteiger partial charge in [0.05, 0.1) is 5.69 Å². The third-order valence-corrected chi connectivity index (χ3v) is 4.99. The van der Waals surface area contributed by atoms with Gasteiger partial charge >= 0.3 is 0 Å². The standard InChI is InChI=1S/C14H14IN3OS.ClH/c15-9-3-1-2-8(6-9)13(19)18-14-17-11-5-4-10(16)7-12(11)20-14;/h1-3,6,10H,4-5,7,16H2,(H,17,18,19);1H/t10-;/m0./s1. The zero-order chi connectivity index (χ0) is 14.1. The SMILES string of the molecule is Cl.N[C@H]1CCc2nc(NC(=O)c3cccc(I)c3)sc2C1. The Bertz CT molecular complexity index is 661. The zero-order valence-corrected chi connectivity index (χ0v) is 14.9. The quantitative estimate of drug-likeness (QED) is 0.712. The van der Waals surface area contributed by atoms with Gasteiger partial charge in [0, 0.05) is 20.1 Å². The lowest BCUT2D eigenvalue weighted by molar-refractivity contribution is 0.102. The van der Waals surface area contributed by atoms with Crippen LogP contribution in [0.25, 0.3) is 0 Å². The Balaban J connectivity index is 0.00000161. The fourth-order valence-corrected chi connectivity index (χ4v) is 3.89. The van der Waals surface area contributed by atoms with Gasteiger partial charge in [0.15, 0.2) is 5.13 Å². The summed E-state index contributed by atoms with van der Waals surface area (Å²) in [6, 6.07) is 7.73. The van der Waals surface area contributed by atoms with E-state index >= 15 is 0 Å². The Morgan fingerprint density at radius 1 is 1.48 bits per heavy atom. The average Bonchev–Trinajstić information content (AvgIpc) is 2.80. The molecule has 0 bridgehead atoms. The first-order chi connectivity index (χ1) is 9.61. The largest absolute Gasteiger partial charge is 0.327 e. The summed E-state index contributed by atoms with van der Waals surface area (Å²) in [5.41, 5.74) is 7.71. The monoisotopic (exact) mass is 435 g/mol. The second kappa shape index (κ2) is 7.04. The van der Waals surface area contributed by atoms with E-state index in [1.807, 2.05) is 18.2 Å². The molecule has 0 saturated carbocycles. The summed E-state index contributed by atoms with van der Waals surface area (Å²) in [5.74, 6) is -0.112. The maximum Gasteiger partial charge on any atom is 0.257 e. The number of nitrogens with zero attached hydrogens (tertiary/aromatic N) is 1. The van der Waals surface area contributed by atoms with E-state index in [4.69, 9.17) is 5.73 Å². The Hall–Kier alpha value is -0.700. The minimum atomic E-state index is -0.112. The first-order valence-electron chi connectivity index (χ1n) is 6.43. The Labute approximate surface area is 147 Å². The first-order valence-corrected chi connectivity index (χ1v) is 8.32. The van der Waals surface area contributed by atoms with Gasteiger partial charge in [-0.2, -0.15) is 0 Å². The van der Waals surface area contributed by atoms with Gasteiger partial charge in [0.1, 0.15) is 0 Å². The van der Waals surface area contributed by atoms with Gasteiger partial charge in [-0.3, -0.25) is 10.1 Å². The van der Waals surface area contributed by atoms with Gasteiger partial charge in [-0.1, -0.05) is 6.07 Å². The molecule has 4 nitrogen and oxygen atoms in total. The van der Waals surface area contributed by atoms with Gasteiger partial charge in [-0.05, 0) is 60.1 Å². The molecule has 7 heteroatoms.